The molecular weight excluding hydrogens is 801 g/mol. The third kappa shape index (κ3) is 9.87. The summed E-state index contributed by atoms with van der Waals surface area (Å²) in [5, 5.41) is 16.4. The Labute approximate surface area is 364 Å². The second kappa shape index (κ2) is 18.7. The van der Waals surface area contributed by atoms with Gasteiger partial charge in [-0.3, -0.25) is 19.2 Å². The van der Waals surface area contributed by atoms with E-state index in [1.165, 1.54) is 4.90 Å². The van der Waals surface area contributed by atoms with Crippen LogP contribution in [0.25, 0.3) is 10.4 Å². The number of nitrogens with one attached hydrogen (secondary N) is 2. The van der Waals surface area contributed by atoms with Gasteiger partial charge in [0.15, 0.2) is 11.9 Å². The Balaban J connectivity index is 0.824. The number of aliphatic hydroxyl groups excluding tert-OH is 1. The summed E-state index contributed by atoms with van der Waals surface area (Å²) in [6.07, 6.45) is 5.24. The highest BCUT2D eigenvalue weighted by Gasteiger charge is 2.69. The van der Waals surface area contributed by atoms with Crippen LogP contribution >= 0.6 is 11.3 Å². The fraction of sp³-hybridized carbons (Fsp3) is 0.717. The average Bonchev–Trinajstić information content (AvgIpc) is 3.76. The molecule has 1 aliphatic carbocycles. The summed E-state index contributed by atoms with van der Waals surface area (Å²) >= 11 is 1.58. The van der Waals surface area contributed by atoms with Crippen molar-refractivity contribution in [1.29, 1.82) is 0 Å². The molecule has 3 amide bonds. The minimum atomic E-state index is -0.925. The summed E-state index contributed by atoms with van der Waals surface area (Å²) < 4.78 is 18.7. The lowest BCUT2D eigenvalue weighted by atomic mass is 9.57. The molecule has 1 aromatic heterocycles. The maximum Gasteiger partial charge on any atom is 0.305 e. The molecule has 6 heterocycles. The lowest BCUT2D eigenvalue weighted by molar-refractivity contribution is -0.571. The number of hydrogen-bond donors (Lipinski definition) is 3. The lowest BCUT2D eigenvalue weighted by Crippen LogP contribution is -2.70. The number of unbranched alkanes of at least 4 members (excludes halogenated alkanes) is 1. The van der Waals surface area contributed by atoms with Crippen molar-refractivity contribution in [3.8, 4) is 10.4 Å². The van der Waals surface area contributed by atoms with E-state index in [4.69, 9.17) is 24.0 Å². The fourth-order valence-corrected chi connectivity index (χ4v) is 11.2. The number of carbonyl (C=O) groups excluding carboxylic acids is 4. The Morgan fingerprint density at radius 1 is 1.03 bits per heavy atom. The van der Waals surface area contributed by atoms with Crippen LogP contribution in [0.1, 0.15) is 123 Å². The van der Waals surface area contributed by atoms with Crippen LogP contribution in [0.15, 0.2) is 29.8 Å². The lowest BCUT2D eigenvalue weighted by Gasteiger charge is -2.60. The first kappa shape index (κ1) is 45.6. The monoisotopic (exact) mass is 866 g/mol. The van der Waals surface area contributed by atoms with Crippen molar-refractivity contribution in [2.24, 2.45) is 29.1 Å². The van der Waals surface area contributed by atoms with E-state index in [0.29, 0.717) is 31.1 Å². The predicted molar refractivity (Wildman–Crippen MR) is 227 cm³/mol. The number of likely N-dealkylation sites (tertiary alicyclic amines) is 1. The minimum absolute atomic E-state index is 0.00310. The second-order valence-corrected chi connectivity index (χ2v) is 20.3. The van der Waals surface area contributed by atoms with Gasteiger partial charge in [-0.05, 0) is 93.1 Å². The van der Waals surface area contributed by atoms with Gasteiger partial charge in [-0.2, -0.15) is 0 Å². The van der Waals surface area contributed by atoms with Crippen molar-refractivity contribution < 1.29 is 48.3 Å². The van der Waals surface area contributed by atoms with Gasteiger partial charge in [0, 0.05) is 44.7 Å². The predicted octanol–water partition coefficient (Wildman–Crippen LogP) is 6.36. The number of aryl methyl sites for hydroxylation is 1. The maximum absolute atomic E-state index is 14.0. The van der Waals surface area contributed by atoms with Crippen LogP contribution in [-0.2, 0) is 49.7 Å². The highest BCUT2D eigenvalue weighted by molar-refractivity contribution is 7.13. The fourth-order valence-electron chi connectivity index (χ4n) is 10.4. The van der Waals surface area contributed by atoms with Crippen molar-refractivity contribution in [3.05, 3.63) is 41.0 Å². The van der Waals surface area contributed by atoms with Crippen LogP contribution in [0.4, 0.5) is 0 Å². The Morgan fingerprint density at radius 3 is 2.51 bits per heavy atom. The van der Waals surface area contributed by atoms with E-state index in [2.05, 4.69) is 29.5 Å². The highest BCUT2D eigenvalue weighted by Crippen LogP contribution is 2.60. The molecule has 6 aliphatic rings. The van der Waals surface area contributed by atoms with Crippen LogP contribution in [-0.4, -0.2) is 93.8 Å². The molecule has 5 aliphatic heterocycles. The second-order valence-electron chi connectivity index (χ2n) is 19.5. The molecule has 5 saturated heterocycles. The van der Waals surface area contributed by atoms with Crippen molar-refractivity contribution in [1.82, 2.24) is 20.5 Å². The number of rotatable bonds is 15. The number of carbonyl (C=O) groups is 4. The maximum atomic E-state index is 14.0. The number of amides is 3. The Bertz CT molecular complexity index is 1890. The van der Waals surface area contributed by atoms with E-state index in [0.717, 1.165) is 53.8 Å². The van der Waals surface area contributed by atoms with E-state index >= 15 is 0 Å². The van der Waals surface area contributed by atoms with Gasteiger partial charge in [0.25, 0.3) is 0 Å². The number of nitrogens with zero attached hydrogens (tertiary/aromatic N) is 2. The number of ether oxygens (including phenoxy) is 3. The molecule has 1 spiro atoms. The molecule has 1 saturated carbocycles. The number of β-amino-alcohol motifs (C(OH)–C–C–N with tert-alkyl or cyclic N) is 1. The van der Waals surface area contributed by atoms with E-state index in [-0.39, 0.29) is 74.7 Å². The molecule has 61 heavy (non-hydrogen) atoms. The topological polar surface area (TPSA) is 175 Å². The largest absolute Gasteiger partial charge is 0.466 e. The molecule has 8 rings (SSSR count). The van der Waals surface area contributed by atoms with Crippen LogP contribution < -0.4 is 10.6 Å². The Kier molecular flexibility index (Phi) is 14.0. The molecule has 14 nitrogen and oxygen atoms in total. The number of esters is 1. The molecule has 0 radical (unpaired) electrons. The molecule has 1 unspecified atom stereocenters. The average molecular weight is 867 g/mol. The van der Waals surface area contributed by atoms with Gasteiger partial charge in [0.05, 0.1) is 34.9 Å². The smallest absolute Gasteiger partial charge is 0.305 e. The summed E-state index contributed by atoms with van der Waals surface area (Å²) in [5.41, 5.74) is 3.47. The van der Waals surface area contributed by atoms with Gasteiger partial charge < -0.3 is 34.9 Å². The zero-order valence-corrected chi connectivity index (χ0v) is 37.7. The van der Waals surface area contributed by atoms with Crippen LogP contribution in [0.2, 0.25) is 0 Å². The number of hydrogen-bond acceptors (Lipinski definition) is 12. The summed E-state index contributed by atoms with van der Waals surface area (Å²) in [6, 6.07) is 6.09. The summed E-state index contributed by atoms with van der Waals surface area (Å²) in [4.78, 5) is 72.3. The summed E-state index contributed by atoms with van der Waals surface area (Å²) in [6.45, 7) is 14.5. The Hall–Kier alpha value is -3.47. The number of benzene rings is 1. The van der Waals surface area contributed by atoms with Gasteiger partial charge >= 0.3 is 5.97 Å². The normalized spacial score (nSPS) is 32.4. The van der Waals surface area contributed by atoms with Crippen molar-refractivity contribution in [2.75, 3.05) is 13.2 Å². The van der Waals surface area contributed by atoms with E-state index in [1.54, 1.807) is 11.3 Å². The van der Waals surface area contributed by atoms with Gasteiger partial charge in [-0.1, -0.05) is 58.9 Å². The van der Waals surface area contributed by atoms with Crippen LogP contribution in [0.3, 0.4) is 0 Å². The zero-order valence-electron chi connectivity index (χ0n) is 36.9. The third-order valence-electron chi connectivity index (χ3n) is 13.9. The zero-order chi connectivity index (χ0) is 43.7. The van der Waals surface area contributed by atoms with Gasteiger partial charge in [0.2, 0.25) is 23.5 Å². The van der Waals surface area contributed by atoms with Gasteiger partial charge in [-0.15, -0.1) is 11.3 Å². The summed E-state index contributed by atoms with van der Waals surface area (Å²) in [5.74, 6) is -0.915. The first-order valence-corrected chi connectivity index (χ1v) is 23.3. The molecular formula is C46H66N4O10S. The quantitative estimate of drug-likeness (QED) is 0.103. The highest BCUT2D eigenvalue weighted by atomic mass is 32.1. The molecule has 336 valence electrons. The SMILES string of the molecule is Cc1ncsc1-c1ccc(CNC(=O)[C@@H]2CC(O)CN2C(=O)[C@@H](NC(=O)CCCCC(=O)OCCC[C@H]2O[C@@H]3O[C@@]4(C)CC[C@H]5[C@H](C)CC[C@@H]([C@H]2C)[C@@]35OO4)C(C)(C)C)cc1. The number of aromatic nitrogens is 1. The standard InChI is InChI=1S/C46H66N4O10S/c1-27-14-19-34-28(2)36(57-43-46(34)33(27)20-21-45(7,58-43)59-60-46)11-10-22-56-38(53)13-9-8-12-37(52)49-40(44(4,5)6)42(55)50-25-32(51)23-35(50)41(54)47-24-30-15-17-31(18-16-30)39-29(3)48-26-61-39/h15-18,26-28,32-36,40,43,51H,8-14,19-25H2,1-7H3,(H,47,54)(H,49,52)/t27-,28-,32?,33+,34+,35+,36-,40-,43-,45-,46-/m1/s1. The molecule has 2 bridgehead atoms. The Morgan fingerprint density at radius 2 is 1.79 bits per heavy atom. The summed E-state index contributed by atoms with van der Waals surface area (Å²) in [7, 11) is 0. The molecule has 1 aromatic carbocycles. The van der Waals surface area contributed by atoms with E-state index in [9.17, 15) is 24.3 Å². The van der Waals surface area contributed by atoms with E-state index < -0.39 is 47.2 Å². The van der Waals surface area contributed by atoms with Gasteiger partial charge in [0.1, 0.15) is 12.1 Å². The number of aliphatic hydroxyl groups is 1. The van der Waals surface area contributed by atoms with E-state index in [1.807, 2.05) is 64.4 Å². The molecule has 11 atom stereocenters. The van der Waals surface area contributed by atoms with Crippen LogP contribution in [0.5, 0.6) is 0 Å². The van der Waals surface area contributed by atoms with Crippen molar-refractivity contribution in [2.45, 2.75) is 168 Å². The van der Waals surface area contributed by atoms with Crippen molar-refractivity contribution in [3.63, 3.8) is 0 Å². The van der Waals surface area contributed by atoms with Gasteiger partial charge in [-0.25, -0.2) is 14.8 Å². The first-order valence-electron chi connectivity index (χ1n) is 22.4. The molecule has 2 aromatic rings. The van der Waals surface area contributed by atoms with Crippen molar-refractivity contribution >= 4 is 35.0 Å². The number of fused-ring (bicyclic) bond motifs is 2. The minimum Gasteiger partial charge on any atom is -0.466 e. The molecule has 6 fully saturated rings. The molecule has 15 heteroatoms. The number of thiazole rings is 1. The third-order valence-corrected chi connectivity index (χ3v) is 14.9. The van der Waals surface area contributed by atoms with Crippen LogP contribution in [0, 0.1) is 36.0 Å². The molecule has 3 N–H and O–H groups in total. The first-order chi connectivity index (χ1) is 29.0.